The van der Waals surface area contributed by atoms with Crippen LogP contribution in [-0.2, 0) is 10.2 Å². The third-order valence-electron chi connectivity index (χ3n) is 8.57. The van der Waals surface area contributed by atoms with Gasteiger partial charge in [0.1, 0.15) is 5.75 Å². The van der Waals surface area contributed by atoms with Gasteiger partial charge in [0.15, 0.2) is 0 Å². The molecule has 0 spiro atoms. The molecule has 2 aliphatic rings. The SMILES string of the molecule is C=CCN1CC[C@@]2(c3cccc(O)c3)C[C@H](N(C)C(=O)c3ccc4ccccc4c3)CC(OC)[C@@H]2C1. The molecule has 5 heteroatoms. The van der Waals surface area contributed by atoms with Crippen LogP contribution in [0.25, 0.3) is 10.8 Å². The van der Waals surface area contributed by atoms with E-state index < -0.39 is 0 Å². The first-order valence-electron chi connectivity index (χ1n) is 12.9. The number of likely N-dealkylation sites (tertiary alicyclic amines) is 1. The molecular formula is C31H36N2O3. The van der Waals surface area contributed by atoms with Gasteiger partial charge in [0.25, 0.3) is 5.91 Å². The topological polar surface area (TPSA) is 53.0 Å². The number of hydrogen-bond donors (Lipinski definition) is 1. The van der Waals surface area contributed by atoms with E-state index in [-0.39, 0.29) is 35.1 Å². The number of rotatable bonds is 6. The molecule has 1 heterocycles. The zero-order valence-corrected chi connectivity index (χ0v) is 21.3. The number of carbonyl (C=O) groups is 1. The normalized spacial score (nSPS) is 26.3. The molecule has 1 saturated carbocycles. The van der Waals surface area contributed by atoms with Gasteiger partial charge in [-0.2, -0.15) is 0 Å². The predicted octanol–water partition coefficient (Wildman–Crippen LogP) is 5.24. The molecular weight excluding hydrogens is 448 g/mol. The highest BCUT2D eigenvalue weighted by Gasteiger charge is 2.53. The second-order valence-corrected chi connectivity index (χ2v) is 10.5. The lowest BCUT2D eigenvalue weighted by Gasteiger charge is -2.56. The number of phenolic OH excluding ortho intramolecular Hbond substituents is 1. The van der Waals surface area contributed by atoms with E-state index in [1.54, 1.807) is 13.2 Å². The fraction of sp³-hybridized carbons (Fsp3) is 0.387. The molecule has 4 atom stereocenters. The third-order valence-corrected chi connectivity index (χ3v) is 8.57. The summed E-state index contributed by atoms with van der Waals surface area (Å²) < 4.78 is 6.13. The molecule has 1 unspecified atom stereocenters. The van der Waals surface area contributed by atoms with Crippen LogP contribution in [0.5, 0.6) is 5.75 Å². The number of amides is 1. The molecule has 0 bridgehead atoms. The summed E-state index contributed by atoms with van der Waals surface area (Å²) in [5, 5.41) is 12.6. The van der Waals surface area contributed by atoms with Gasteiger partial charge >= 0.3 is 0 Å². The van der Waals surface area contributed by atoms with E-state index in [1.165, 1.54) is 0 Å². The largest absolute Gasteiger partial charge is 0.508 e. The smallest absolute Gasteiger partial charge is 0.253 e. The van der Waals surface area contributed by atoms with Crippen LogP contribution in [0.15, 0.2) is 79.4 Å². The van der Waals surface area contributed by atoms with Gasteiger partial charge in [0, 0.05) is 50.2 Å². The minimum Gasteiger partial charge on any atom is -0.508 e. The molecule has 36 heavy (non-hydrogen) atoms. The Kier molecular flexibility index (Phi) is 6.87. The van der Waals surface area contributed by atoms with Crippen molar-refractivity contribution < 1.29 is 14.6 Å². The van der Waals surface area contributed by atoms with E-state index in [0.717, 1.165) is 55.2 Å². The maximum absolute atomic E-state index is 13.7. The number of nitrogens with zero attached hydrogens (tertiary/aromatic N) is 2. The van der Waals surface area contributed by atoms with Crippen LogP contribution in [-0.4, -0.2) is 66.8 Å². The highest BCUT2D eigenvalue weighted by molar-refractivity contribution is 5.98. The first kappa shape index (κ1) is 24.5. The predicted molar refractivity (Wildman–Crippen MR) is 144 cm³/mol. The third kappa shape index (κ3) is 4.42. The summed E-state index contributed by atoms with van der Waals surface area (Å²) in [5.41, 5.74) is 1.67. The summed E-state index contributed by atoms with van der Waals surface area (Å²) in [6, 6.07) is 21.8. The van der Waals surface area contributed by atoms with E-state index in [2.05, 4.69) is 23.6 Å². The Bertz CT molecular complexity index is 1260. The fourth-order valence-electron chi connectivity index (χ4n) is 6.64. The number of carbonyl (C=O) groups excluding carboxylic acids is 1. The van der Waals surface area contributed by atoms with Gasteiger partial charge in [-0.15, -0.1) is 6.58 Å². The van der Waals surface area contributed by atoms with Gasteiger partial charge in [-0.1, -0.05) is 48.5 Å². The molecule has 188 valence electrons. The van der Waals surface area contributed by atoms with Crippen LogP contribution < -0.4 is 0 Å². The number of phenols is 1. The monoisotopic (exact) mass is 484 g/mol. The van der Waals surface area contributed by atoms with Crippen molar-refractivity contribution in [3.63, 3.8) is 0 Å². The average molecular weight is 485 g/mol. The molecule has 1 amide bonds. The van der Waals surface area contributed by atoms with Crippen LogP contribution in [0.1, 0.15) is 35.2 Å². The standard InChI is InChI=1S/C31H36N2O3/c1-4-15-33-16-14-31(25-10-7-11-27(34)18-25)20-26(19-29(36-3)28(31)21-33)32(2)30(35)24-13-12-22-8-5-6-9-23(22)17-24/h4-13,17-18,26,28-29,34H,1,14-16,19-21H2,2-3H3/t26-,28+,29?,31+/m1/s1. The van der Waals surface area contributed by atoms with E-state index in [1.807, 2.05) is 66.6 Å². The van der Waals surface area contributed by atoms with Gasteiger partial charge < -0.3 is 14.7 Å². The molecule has 0 radical (unpaired) electrons. The van der Waals surface area contributed by atoms with Crippen molar-refractivity contribution in [3.05, 3.63) is 90.5 Å². The Morgan fingerprint density at radius 1 is 1.17 bits per heavy atom. The van der Waals surface area contributed by atoms with Gasteiger partial charge in [-0.05, 0) is 66.4 Å². The molecule has 3 aromatic carbocycles. The minimum atomic E-state index is -0.183. The minimum absolute atomic E-state index is 0.00516. The van der Waals surface area contributed by atoms with Crippen molar-refractivity contribution in [1.29, 1.82) is 0 Å². The molecule has 1 aliphatic heterocycles. The fourth-order valence-corrected chi connectivity index (χ4v) is 6.64. The van der Waals surface area contributed by atoms with Crippen molar-refractivity contribution in [2.75, 3.05) is 33.8 Å². The number of hydrogen-bond acceptors (Lipinski definition) is 4. The van der Waals surface area contributed by atoms with Crippen LogP contribution in [0.4, 0.5) is 0 Å². The lowest BCUT2D eigenvalue weighted by molar-refractivity contribution is -0.0772. The maximum Gasteiger partial charge on any atom is 0.253 e. The molecule has 3 aromatic rings. The molecule has 1 aliphatic carbocycles. The van der Waals surface area contributed by atoms with Crippen molar-refractivity contribution in [1.82, 2.24) is 9.80 Å². The Morgan fingerprint density at radius 2 is 1.97 bits per heavy atom. The zero-order valence-electron chi connectivity index (χ0n) is 21.3. The molecule has 5 rings (SSSR count). The summed E-state index contributed by atoms with van der Waals surface area (Å²) in [7, 11) is 3.72. The van der Waals surface area contributed by atoms with Crippen molar-refractivity contribution >= 4 is 16.7 Å². The number of benzene rings is 3. The van der Waals surface area contributed by atoms with Crippen molar-refractivity contribution in [2.24, 2.45) is 5.92 Å². The number of piperidine rings is 1. The number of fused-ring (bicyclic) bond motifs is 2. The summed E-state index contributed by atoms with van der Waals surface area (Å²) in [6.45, 7) is 6.65. The maximum atomic E-state index is 13.7. The second-order valence-electron chi connectivity index (χ2n) is 10.5. The van der Waals surface area contributed by atoms with Crippen LogP contribution in [0, 0.1) is 5.92 Å². The number of ether oxygens (including phenoxy) is 1. The second kappa shape index (κ2) is 10.1. The Labute approximate surface area is 214 Å². The molecule has 1 saturated heterocycles. The highest BCUT2D eigenvalue weighted by Crippen LogP contribution is 2.51. The highest BCUT2D eigenvalue weighted by atomic mass is 16.5. The summed E-state index contributed by atoms with van der Waals surface area (Å²) >= 11 is 0. The average Bonchev–Trinajstić information content (AvgIpc) is 2.91. The Hall–Kier alpha value is -3.15. The van der Waals surface area contributed by atoms with Crippen LogP contribution in [0.2, 0.25) is 0 Å². The van der Waals surface area contributed by atoms with Crippen molar-refractivity contribution in [2.45, 2.75) is 36.8 Å². The quantitative estimate of drug-likeness (QED) is 0.486. The molecule has 5 nitrogen and oxygen atoms in total. The first-order chi connectivity index (χ1) is 17.4. The van der Waals surface area contributed by atoms with Crippen LogP contribution >= 0.6 is 0 Å². The van der Waals surface area contributed by atoms with Crippen LogP contribution in [0.3, 0.4) is 0 Å². The van der Waals surface area contributed by atoms with E-state index in [4.69, 9.17) is 4.74 Å². The van der Waals surface area contributed by atoms with Gasteiger partial charge in [-0.3, -0.25) is 9.69 Å². The lowest BCUT2D eigenvalue weighted by atomic mass is 9.56. The summed E-state index contributed by atoms with van der Waals surface area (Å²) in [4.78, 5) is 18.1. The molecule has 1 N–H and O–H groups in total. The van der Waals surface area contributed by atoms with Gasteiger partial charge in [-0.25, -0.2) is 0 Å². The Morgan fingerprint density at radius 3 is 2.72 bits per heavy atom. The Balaban J connectivity index is 1.49. The van der Waals surface area contributed by atoms with Crippen molar-refractivity contribution in [3.8, 4) is 5.75 Å². The summed E-state index contributed by atoms with van der Waals surface area (Å²) in [6.07, 6.45) is 4.55. The molecule has 0 aromatic heterocycles. The van der Waals surface area contributed by atoms with E-state index in [9.17, 15) is 9.90 Å². The number of aromatic hydroxyl groups is 1. The lowest BCUT2D eigenvalue weighted by Crippen LogP contribution is -2.61. The zero-order chi connectivity index (χ0) is 25.3. The van der Waals surface area contributed by atoms with E-state index >= 15 is 0 Å². The van der Waals surface area contributed by atoms with Gasteiger partial charge in [0.2, 0.25) is 0 Å². The number of methoxy groups -OCH3 is 1. The molecule has 2 fully saturated rings. The van der Waals surface area contributed by atoms with Gasteiger partial charge in [0.05, 0.1) is 6.10 Å². The first-order valence-corrected chi connectivity index (χ1v) is 12.9. The van der Waals surface area contributed by atoms with E-state index in [0.29, 0.717) is 5.56 Å². The summed E-state index contributed by atoms with van der Waals surface area (Å²) in [5.74, 6) is 0.582.